The van der Waals surface area contributed by atoms with Gasteiger partial charge in [-0.15, -0.1) is 0 Å². The second-order valence-corrected chi connectivity index (χ2v) is 6.24. The van der Waals surface area contributed by atoms with Gasteiger partial charge < -0.3 is 9.47 Å². The zero-order valence-electron chi connectivity index (χ0n) is 14.6. The molecular weight excluding hydrogens is 334 g/mol. The van der Waals surface area contributed by atoms with Crippen LogP contribution in [0.3, 0.4) is 0 Å². The van der Waals surface area contributed by atoms with Crippen LogP contribution in [0.2, 0.25) is 0 Å². The van der Waals surface area contributed by atoms with E-state index in [2.05, 4.69) is 0 Å². The highest BCUT2D eigenvalue weighted by Gasteiger charge is 2.21. The number of aryl methyl sites for hydroxylation is 1. The predicted molar refractivity (Wildman–Crippen MR) is 98.3 cm³/mol. The maximum absolute atomic E-state index is 12.3. The SMILES string of the molecule is Cn1cc(/C=C/C(=O)c2ccc(N3CCCC3=O)cc2)c(=O)n(C)c1=O. The minimum absolute atomic E-state index is 0.0921. The van der Waals surface area contributed by atoms with Gasteiger partial charge in [0.05, 0.1) is 5.56 Å². The molecular formula is C19H19N3O4. The fourth-order valence-electron chi connectivity index (χ4n) is 2.94. The molecule has 1 aliphatic heterocycles. The third-order valence-electron chi connectivity index (χ3n) is 4.42. The summed E-state index contributed by atoms with van der Waals surface area (Å²) in [6.45, 7) is 0.696. The first-order valence-corrected chi connectivity index (χ1v) is 8.28. The van der Waals surface area contributed by atoms with Crippen LogP contribution in [-0.4, -0.2) is 27.4 Å². The number of benzene rings is 1. The van der Waals surface area contributed by atoms with Gasteiger partial charge in [0, 0.05) is 44.5 Å². The fourth-order valence-corrected chi connectivity index (χ4v) is 2.94. The van der Waals surface area contributed by atoms with E-state index in [0.717, 1.165) is 16.7 Å². The Labute approximate surface area is 149 Å². The topological polar surface area (TPSA) is 81.4 Å². The molecule has 0 spiro atoms. The average Bonchev–Trinajstić information content (AvgIpc) is 3.07. The first kappa shape index (κ1) is 17.6. The molecule has 0 N–H and O–H groups in total. The van der Waals surface area contributed by atoms with Crippen molar-refractivity contribution in [3.05, 3.63) is 68.5 Å². The van der Waals surface area contributed by atoms with Gasteiger partial charge >= 0.3 is 5.69 Å². The van der Waals surface area contributed by atoms with Crippen LogP contribution in [-0.2, 0) is 18.9 Å². The summed E-state index contributed by atoms with van der Waals surface area (Å²) in [6.07, 6.45) is 5.50. The van der Waals surface area contributed by atoms with E-state index >= 15 is 0 Å². The summed E-state index contributed by atoms with van der Waals surface area (Å²) < 4.78 is 2.28. The molecule has 0 unspecified atom stereocenters. The lowest BCUT2D eigenvalue weighted by Gasteiger charge is -2.15. The minimum Gasteiger partial charge on any atom is -0.312 e. The standard InChI is InChI=1S/C19H19N3O4/c1-20-12-14(18(25)21(2)19(20)26)7-10-16(23)13-5-8-15(9-6-13)22-11-3-4-17(22)24/h5-10,12H,3-4,11H2,1-2H3/b10-7+. The fraction of sp³-hybridized carbons (Fsp3) is 0.263. The van der Waals surface area contributed by atoms with Crippen LogP contribution in [0.15, 0.2) is 46.1 Å². The summed E-state index contributed by atoms with van der Waals surface area (Å²) in [5.74, 6) is -0.172. The lowest BCUT2D eigenvalue weighted by molar-refractivity contribution is -0.117. The molecule has 0 atom stereocenters. The van der Waals surface area contributed by atoms with Gasteiger partial charge in [-0.2, -0.15) is 0 Å². The molecule has 0 bridgehead atoms. The Bertz CT molecular complexity index is 1010. The van der Waals surface area contributed by atoms with Crippen molar-refractivity contribution in [3.8, 4) is 0 Å². The largest absolute Gasteiger partial charge is 0.330 e. The monoisotopic (exact) mass is 353 g/mol. The van der Waals surface area contributed by atoms with E-state index in [0.29, 0.717) is 18.5 Å². The number of anilines is 1. The number of ketones is 1. The Morgan fingerprint density at radius 2 is 1.77 bits per heavy atom. The molecule has 26 heavy (non-hydrogen) atoms. The van der Waals surface area contributed by atoms with E-state index < -0.39 is 11.2 Å². The third kappa shape index (κ3) is 3.28. The molecule has 1 fully saturated rings. The van der Waals surface area contributed by atoms with E-state index in [4.69, 9.17) is 0 Å². The van der Waals surface area contributed by atoms with Crippen molar-refractivity contribution >= 4 is 23.5 Å². The molecule has 1 aromatic heterocycles. The zero-order chi connectivity index (χ0) is 18.8. The highest BCUT2D eigenvalue weighted by atomic mass is 16.2. The van der Waals surface area contributed by atoms with Gasteiger partial charge in [-0.05, 0) is 42.8 Å². The zero-order valence-corrected chi connectivity index (χ0v) is 14.6. The molecule has 0 aliphatic carbocycles. The molecule has 1 aliphatic rings. The molecule has 0 radical (unpaired) electrons. The molecule has 7 heteroatoms. The van der Waals surface area contributed by atoms with Crippen molar-refractivity contribution < 1.29 is 9.59 Å². The van der Waals surface area contributed by atoms with E-state index in [9.17, 15) is 19.2 Å². The van der Waals surface area contributed by atoms with Crippen molar-refractivity contribution in [2.24, 2.45) is 14.1 Å². The Hall–Kier alpha value is -3.22. The summed E-state index contributed by atoms with van der Waals surface area (Å²) in [4.78, 5) is 49.5. The number of amides is 1. The minimum atomic E-state index is -0.458. The lowest BCUT2D eigenvalue weighted by Crippen LogP contribution is -2.37. The highest BCUT2D eigenvalue weighted by molar-refractivity contribution is 6.07. The number of hydrogen-bond donors (Lipinski definition) is 0. The highest BCUT2D eigenvalue weighted by Crippen LogP contribution is 2.21. The Morgan fingerprint density at radius 1 is 1.08 bits per heavy atom. The van der Waals surface area contributed by atoms with E-state index in [1.807, 2.05) is 0 Å². The third-order valence-corrected chi connectivity index (χ3v) is 4.42. The molecule has 2 heterocycles. The number of allylic oxidation sites excluding steroid dienone is 1. The van der Waals surface area contributed by atoms with E-state index in [-0.39, 0.29) is 17.3 Å². The van der Waals surface area contributed by atoms with Crippen molar-refractivity contribution in [1.29, 1.82) is 0 Å². The molecule has 1 amide bonds. The van der Waals surface area contributed by atoms with E-state index in [1.54, 1.807) is 36.2 Å². The van der Waals surface area contributed by atoms with Gasteiger partial charge in [0.25, 0.3) is 5.56 Å². The summed E-state index contributed by atoms with van der Waals surface area (Å²) in [5, 5.41) is 0. The predicted octanol–water partition coefficient (Wildman–Crippen LogP) is 1.11. The Balaban J connectivity index is 1.80. The molecule has 7 nitrogen and oxygen atoms in total. The van der Waals surface area contributed by atoms with Gasteiger partial charge in [0.1, 0.15) is 0 Å². The van der Waals surface area contributed by atoms with Crippen LogP contribution >= 0.6 is 0 Å². The van der Waals surface area contributed by atoms with Crippen LogP contribution in [0, 0.1) is 0 Å². The molecule has 0 saturated carbocycles. The number of hydrogen-bond acceptors (Lipinski definition) is 4. The van der Waals surface area contributed by atoms with Crippen molar-refractivity contribution in [1.82, 2.24) is 9.13 Å². The average molecular weight is 353 g/mol. The number of aromatic nitrogens is 2. The summed E-state index contributed by atoms with van der Waals surface area (Å²) in [7, 11) is 2.93. The van der Waals surface area contributed by atoms with Gasteiger partial charge in [0.15, 0.2) is 5.78 Å². The van der Waals surface area contributed by atoms with Gasteiger partial charge in [-0.3, -0.25) is 19.0 Å². The molecule has 1 aromatic carbocycles. The van der Waals surface area contributed by atoms with Gasteiger partial charge in [-0.1, -0.05) is 0 Å². The number of carbonyl (C=O) groups excluding carboxylic acids is 2. The van der Waals surface area contributed by atoms with Crippen molar-refractivity contribution in [3.63, 3.8) is 0 Å². The first-order valence-electron chi connectivity index (χ1n) is 8.28. The number of nitrogens with zero attached hydrogens (tertiary/aromatic N) is 3. The van der Waals surface area contributed by atoms with Crippen molar-refractivity contribution in [2.75, 3.05) is 11.4 Å². The summed E-state index contributed by atoms with van der Waals surface area (Å²) in [5.41, 5.74) is 0.603. The van der Waals surface area contributed by atoms with E-state index in [1.165, 1.54) is 30.0 Å². The maximum Gasteiger partial charge on any atom is 0.330 e. The maximum atomic E-state index is 12.3. The molecule has 2 aromatic rings. The lowest BCUT2D eigenvalue weighted by atomic mass is 10.1. The van der Waals surface area contributed by atoms with Crippen LogP contribution in [0.4, 0.5) is 5.69 Å². The quantitative estimate of drug-likeness (QED) is 0.609. The number of rotatable bonds is 4. The van der Waals surface area contributed by atoms with Gasteiger partial charge in [-0.25, -0.2) is 4.79 Å². The first-order chi connectivity index (χ1) is 12.4. The number of carbonyl (C=O) groups is 2. The summed E-state index contributed by atoms with van der Waals surface area (Å²) in [6, 6.07) is 6.81. The molecule has 3 rings (SSSR count). The Kier molecular flexibility index (Phi) is 4.71. The second-order valence-electron chi connectivity index (χ2n) is 6.24. The second kappa shape index (κ2) is 6.95. The summed E-state index contributed by atoms with van der Waals surface area (Å²) >= 11 is 0. The van der Waals surface area contributed by atoms with Crippen LogP contribution in [0.1, 0.15) is 28.8 Å². The smallest absolute Gasteiger partial charge is 0.312 e. The normalized spacial score (nSPS) is 14.4. The van der Waals surface area contributed by atoms with Crippen LogP contribution < -0.4 is 16.1 Å². The van der Waals surface area contributed by atoms with Crippen LogP contribution in [0.25, 0.3) is 6.08 Å². The van der Waals surface area contributed by atoms with Crippen molar-refractivity contribution in [2.45, 2.75) is 12.8 Å². The molecule has 134 valence electrons. The Morgan fingerprint density at radius 3 is 2.38 bits per heavy atom. The van der Waals surface area contributed by atoms with Crippen LogP contribution in [0.5, 0.6) is 0 Å². The molecule has 1 saturated heterocycles. The van der Waals surface area contributed by atoms with Gasteiger partial charge in [0.2, 0.25) is 5.91 Å².